The van der Waals surface area contributed by atoms with Crippen molar-refractivity contribution in [1.82, 2.24) is 20.1 Å². The Kier molecular flexibility index (Phi) is 7.71. The lowest BCUT2D eigenvalue weighted by molar-refractivity contribution is -0.385. The third kappa shape index (κ3) is 5.71. The van der Waals surface area contributed by atoms with Crippen LogP contribution in [0.25, 0.3) is 10.7 Å². The number of para-hydroxylation sites is 1. The molecule has 0 saturated heterocycles. The first-order valence-corrected chi connectivity index (χ1v) is 11.4. The number of esters is 1. The summed E-state index contributed by atoms with van der Waals surface area (Å²) in [6, 6.07) is 7.91. The van der Waals surface area contributed by atoms with Gasteiger partial charge < -0.3 is 10.1 Å². The largest absolute Gasteiger partial charge is 0.463 e. The predicted octanol–water partition coefficient (Wildman–Crippen LogP) is 4.34. The van der Waals surface area contributed by atoms with Crippen molar-refractivity contribution in [3.8, 4) is 10.7 Å². The van der Waals surface area contributed by atoms with Crippen LogP contribution in [-0.4, -0.2) is 37.7 Å². The molecule has 1 aromatic carbocycles. The number of hydrogen-bond acceptors (Lipinski definition) is 8. The molecule has 2 aromatic heterocycles. The van der Waals surface area contributed by atoms with Crippen LogP contribution in [0, 0.1) is 14.9 Å². The van der Waals surface area contributed by atoms with Gasteiger partial charge in [0.05, 0.1) is 33.9 Å². The van der Waals surface area contributed by atoms with E-state index in [1.807, 2.05) is 17.5 Å². The third-order valence-corrected chi connectivity index (χ3v) is 5.93. The average molecular weight is 490 g/mol. The first-order valence-electron chi connectivity index (χ1n) is 10.1. The minimum Gasteiger partial charge on any atom is -0.463 e. The lowest BCUT2D eigenvalue weighted by atomic mass is 10.0. The van der Waals surface area contributed by atoms with Crippen LogP contribution < -0.4 is 5.32 Å². The maximum atomic E-state index is 13.2. The Balaban J connectivity index is 1.93. The molecule has 12 heteroatoms. The lowest BCUT2D eigenvalue weighted by Crippen LogP contribution is -2.36. The van der Waals surface area contributed by atoms with Crippen LogP contribution in [0.15, 0.2) is 41.8 Å². The number of nitrogens with one attached hydrogen (secondary N) is 2. The second-order valence-corrected chi connectivity index (χ2v) is 8.83. The molecular weight excluding hydrogens is 466 g/mol. The maximum absolute atomic E-state index is 13.2. The maximum Gasteiger partial charge on any atom is 0.308 e. The summed E-state index contributed by atoms with van der Waals surface area (Å²) < 4.78 is 7.03. The van der Waals surface area contributed by atoms with E-state index in [9.17, 15) is 19.7 Å². The number of benzene rings is 1. The molecule has 2 unspecified atom stereocenters. The summed E-state index contributed by atoms with van der Waals surface area (Å²) >= 11 is 6.77. The van der Waals surface area contributed by atoms with Gasteiger partial charge in [0.2, 0.25) is 5.91 Å². The van der Waals surface area contributed by atoms with E-state index in [4.69, 9.17) is 17.0 Å². The standard InChI is InChI=1S/C21H23N5O5S2/c1-12(2)31-18(27)11-15(14-7-4-5-8-16(14)26(29)30)22-20(28)13(3)25-19(23-24-21(25)32)17-9-6-10-33-17/h4-10,12-13,15H,11H2,1-3H3,(H,22,28)(H,24,32). The molecule has 3 aromatic rings. The summed E-state index contributed by atoms with van der Waals surface area (Å²) in [5, 5.41) is 23.2. The van der Waals surface area contributed by atoms with Gasteiger partial charge in [-0.25, -0.2) is 0 Å². The Morgan fingerprint density at radius 3 is 2.64 bits per heavy atom. The summed E-state index contributed by atoms with van der Waals surface area (Å²) in [6.45, 7) is 5.04. The van der Waals surface area contributed by atoms with Gasteiger partial charge in [0.15, 0.2) is 10.6 Å². The van der Waals surface area contributed by atoms with Crippen molar-refractivity contribution < 1.29 is 19.2 Å². The third-order valence-electron chi connectivity index (χ3n) is 4.78. The topological polar surface area (TPSA) is 132 Å². The molecule has 0 saturated carbocycles. The van der Waals surface area contributed by atoms with Gasteiger partial charge in [-0.05, 0) is 44.4 Å². The van der Waals surface area contributed by atoms with Crippen molar-refractivity contribution in [2.45, 2.75) is 45.4 Å². The Bertz CT molecular complexity index is 1200. The zero-order valence-corrected chi connectivity index (χ0v) is 19.8. The number of carbonyl (C=O) groups excluding carboxylic acids is 2. The number of ether oxygens (including phenoxy) is 1. The number of amides is 1. The molecule has 0 aliphatic heterocycles. The molecule has 2 atom stereocenters. The van der Waals surface area contributed by atoms with Gasteiger partial charge in [-0.2, -0.15) is 5.10 Å². The first kappa shape index (κ1) is 24.3. The van der Waals surface area contributed by atoms with E-state index in [-0.39, 0.29) is 28.5 Å². The number of aromatic nitrogens is 3. The smallest absolute Gasteiger partial charge is 0.308 e. The summed E-state index contributed by atoms with van der Waals surface area (Å²) in [4.78, 5) is 37.5. The second-order valence-electron chi connectivity index (χ2n) is 7.50. The molecule has 0 aliphatic rings. The summed E-state index contributed by atoms with van der Waals surface area (Å²) in [7, 11) is 0. The number of thiophene rings is 1. The molecule has 0 bridgehead atoms. The van der Waals surface area contributed by atoms with Crippen molar-refractivity contribution in [2.24, 2.45) is 0 Å². The van der Waals surface area contributed by atoms with E-state index >= 15 is 0 Å². The van der Waals surface area contributed by atoms with Crippen molar-refractivity contribution in [3.05, 3.63) is 62.2 Å². The number of nitro groups is 1. The molecule has 0 spiro atoms. The Hall–Kier alpha value is -3.38. The highest BCUT2D eigenvalue weighted by Gasteiger charge is 2.29. The van der Waals surface area contributed by atoms with Crippen molar-refractivity contribution in [2.75, 3.05) is 0 Å². The summed E-state index contributed by atoms with van der Waals surface area (Å²) in [5.74, 6) is -0.565. The molecule has 2 heterocycles. The van der Waals surface area contributed by atoms with E-state index in [1.54, 1.807) is 31.4 Å². The number of hydrogen-bond donors (Lipinski definition) is 2. The number of carbonyl (C=O) groups is 2. The van der Waals surface area contributed by atoms with Gasteiger partial charge in [0.25, 0.3) is 5.69 Å². The molecular formula is C21H23N5O5S2. The van der Waals surface area contributed by atoms with Crippen LogP contribution in [0.4, 0.5) is 5.69 Å². The Morgan fingerprint density at radius 1 is 1.27 bits per heavy atom. The van der Waals surface area contributed by atoms with E-state index in [1.165, 1.54) is 29.5 Å². The SMILES string of the molecule is CC(C)OC(=O)CC(NC(=O)C(C)n1c(-c2cccs2)n[nH]c1=S)c1ccccc1[N+](=O)[O-]. The van der Waals surface area contributed by atoms with Gasteiger partial charge in [-0.3, -0.25) is 29.4 Å². The summed E-state index contributed by atoms with van der Waals surface area (Å²) in [5.41, 5.74) is 0.00465. The fourth-order valence-corrected chi connectivity index (χ4v) is 4.32. The monoisotopic (exact) mass is 489 g/mol. The fraction of sp³-hybridized carbons (Fsp3) is 0.333. The highest BCUT2D eigenvalue weighted by Crippen LogP contribution is 2.29. The quantitative estimate of drug-likeness (QED) is 0.198. The van der Waals surface area contributed by atoms with Crippen LogP contribution in [0.3, 0.4) is 0 Å². The molecule has 10 nitrogen and oxygen atoms in total. The van der Waals surface area contributed by atoms with Gasteiger partial charge in [0.1, 0.15) is 6.04 Å². The molecule has 33 heavy (non-hydrogen) atoms. The Morgan fingerprint density at radius 2 is 2.00 bits per heavy atom. The predicted molar refractivity (Wildman–Crippen MR) is 125 cm³/mol. The fourth-order valence-electron chi connectivity index (χ4n) is 3.32. The van der Waals surface area contributed by atoms with E-state index < -0.39 is 28.9 Å². The minimum atomic E-state index is -0.973. The zero-order valence-electron chi connectivity index (χ0n) is 18.2. The van der Waals surface area contributed by atoms with Gasteiger partial charge in [-0.1, -0.05) is 24.3 Å². The molecule has 1 amide bonds. The number of H-pyrrole nitrogens is 1. The van der Waals surface area contributed by atoms with Gasteiger partial charge >= 0.3 is 5.97 Å². The van der Waals surface area contributed by atoms with Crippen molar-refractivity contribution in [1.29, 1.82) is 0 Å². The first-order chi connectivity index (χ1) is 15.7. The van der Waals surface area contributed by atoms with Gasteiger partial charge in [0, 0.05) is 6.07 Å². The molecule has 3 rings (SSSR count). The molecule has 174 valence electrons. The van der Waals surface area contributed by atoms with Crippen LogP contribution in [0.1, 0.15) is 44.8 Å². The van der Waals surface area contributed by atoms with Crippen LogP contribution in [0.2, 0.25) is 0 Å². The van der Waals surface area contributed by atoms with Crippen LogP contribution in [0.5, 0.6) is 0 Å². The van der Waals surface area contributed by atoms with Crippen molar-refractivity contribution in [3.63, 3.8) is 0 Å². The van der Waals surface area contributed by atoms with Crippen molar-refractivity contribution >= 4 is 41.1 Å². The van der Waals surface area contributed by atoms with Gasteiger partial charge in [-0.15, -0.1) is 11.3 Å². The number of nitro benzene ring substituents is 1. The lowest BCUT2D eigenvalue weighted by Gasteiger charge is -2.22. The number of rotatable bonds is 9. The molecule has 2 N–H and O–H groups in total. The van der Waals surface area contributed by atoms with Crippen LogP contribution >= 0.6 is 23.6 Å². The highest BCUT2D eigenvalue weighted by molar-refractivity contribution is 7.71. The second kappa shape index (κ2) is 10.5. The summed E-state index contributed by atoms with van der Waals surface area (Å²) in [6.07, 6.45) is -0.632. The van der Waals surface area contributed by atoms with E-state index in [2.05, 4.69) is 15.5 Å². The highest BCUT2D eigenvalue weighted by atomic mass is 32.1. The molecule has 0 aliphatic carbocycles. The number of nitrogens with zero attached hydrogens (tertiary/aromatic N) is 3. The zero-order chi connectivity index (χ0) is 24.1. The number of aromatic amines is 1. The van der Waals surface area contributed by atoms with E-state index in [0.717, 1.165) is 4.88 Å². The average Bonchev–Trinajstić information content (AvgIpc) is 3.41. The van der Waals surface area contributed by atoms with E-state index in [0.29, 0.717) is 5.82 Å². The molecule has 0 fully saturated rings. The Labute approximate surface area is 198 Å². The van der Waals surface area contributed by atoms with Crippen LogP contribution in [-0.2, 0) is 14.3 Å². The normalized spacial score (nSPS) is 12.8. The minimum absolute atomic E-state index is 0.202. The molecule has 0 radical (unpaired) electrons.